The number of rotatable bonds is 3. The third kappa shape index (κ3) is 3.35. The Bertz CT molecular complexity index is 1090. The number of nitrogens with zero attached hydrogens (tertiary/aromatic N) is 3. The van der Waals surface area contributed by atoms with Gasteiger partial charge in [-0.1, -0.05) is 48.5 Å². The minimum atomic E-state index is 0.344. The summed E-state index contributed by atoms with van der Waals surface area (Å²) < 4.78 is 11.3. The Morgan fingerprint density at radius 2 is 1.39 bits per heavy atom. The van der Waals surface area contributed by atoms with Gasteiger partial charge in [0.1, 0.15) is 13.2 Å². The predicted octanol–water partition coefficient (Wildman–Crippen LogP) is 4.18. The number of ether oxygens (including phenoxy) is 2. The zero-order valence-electron chi connectivity index (χ0n) is 17.4. The first-order valence-electron chi connectivity index (χ1n) is 11.0. The van der Waals surface area contributed by atoms with Crippen LogP contribution in [0.3, 0.4) is 0 Å². The minimum Gasteiger partial charge on any atom is -0.486 e. The van der Waals surface area contributed by atoms with Crippen LogP contribution in [0.5, 0.6) is 11.5 Å². The van der Waals surface area contributed by atoms with Crippen LogP contribution in [0, 0.1) is 0 Å². The molecule has 3 aromatic rings. The largest absolute Gasteiger partial charge is 0.486 e. The molecule has 0 N–H and O–H groups in total. The second kappa shape index (κ2) is 7.75. The highest BCUT2D eigenvalue weighted by atomic mass is 16.6. The van der Waals surface area contributed by atoms with Gasteiger partial charge in [-0.15, -0.1) is 0 Å². The molecule has 2 aliphatic heterocycles. The maximum Gasteiger partial charge on any atom is 0.162 e. The second-order valence-electron chi connectivity index (χ2n) is 8.21. The van der Waals surface area contributed by atoms with E-state index in [9.17, 15) is 0 Å². The molecular formula is C26H25N3O2. The number of piperazine rings is 1. The first kappa shape index (κ1) is 18.5. The Hall–Kier alpha value is -3.31. The van der Waals surface area contributed by atoms with Gasteiger partial charge in [0.15, 0.2) is 11.5 Å². The van der Waals surface area contributed by atoms with Gasteiger partial charge < -0.3 is 9.47 Å². The fourth-order valence-electron chi connectivity index (χ4n) is 4.90. The van der Waals surface area contributed by atoms with Crippen LogP contribution in [0.4, 0.5) is 0 Å². The van der Waals surface area contributed by atoms with E-state index in [1.165, 1.54) is 22.3 Å². The van der Waals surface area contributed by atoms with Gasteiger partial charge >= 0.3 is 0 Å². The highest BCUT2D eigenvalue weighted by Gasteiger charge is 2.33. The van der Waals surface area contributed by atoms with Gasteiger partial charge in [-0.2, -0.15) is 5.10 Å². The van der Waals surface area contributed by atoms with Crippen LogP contribution in [0.25, 0.3) is 11.1 Å². The molecule has 0 spiro atoms. The third-order valence-corrected chi connectivity index (χ3v) is 6.39. The standard InChI is InChI=1S/C26H25N3O2/c1-3-7-22-20(5-1)21-6-2-4-8-23(21)26(22)28-11-13-29(14-12-28)27-18-19-9-10-24-25(17-19)31-16-15-30-24/h1-10,17-18,26H,11-16H2/b27-18-. The summed E-state index contributed by atoms with van der Waals surface area (Å²) in [5.74, 6) is 1.62. The van der Waals surface area contributed by atoms with E-state index in [0.717, 1.165) is 43.2 Å². The van der Waals surface area contributed by atoms with Crippen molar-refractivity contribution >= 4 is 6.21 Å². The summed E-state index contributed by atoms with van der Waals surface area (Å²) in [6.45, 7) is 5.03. The summed E-state index contributed by atoms with van der Waals surface area (Å²) >= 11 is 0. The fourth-order valence-corrected chi connectivity index (χ4v) is 4.90. The number of fused-ring (bicyclic) bond motifs is 4. The Labute approximate surface area is 182 Å². The van der Waals surface area contributed by atoms with E-state index in [1.54, 1.807) is 0 Å². The molecule has 0 radical (unpaired) electrons. The average molecular weight is 412 g/mol. The van der Waals surface area contributed by atoms with E-state index in [4.69, 9.17) is 14.6 Å². The lowest BCUT2D eigenvalue weighted by Crippen LogP contribution is -2.45. The van der Waals surface area contributed by atoms with Crippen LogP contribution in [0.15, 0.2) is 71.8 Å². The molecule has 0 unspecified atom stereocenters. The molecule has 156 valence electrons. The third-order valence-electron chi connectivity index (χ3n) is 6.39. The van der Waals surface area contributed by atoms with Crippen molar-refractivity contribution in [3.05, 3.63) is 83.4 Å². The molecule has 0 atom stereocenters. The maximum absolute atomic E-state index is 5.68. The van der Waals surface area contributed by atoms with Crippen molar-refractivity contribution in [2.45, 2.75) is 6.04 Å². The molecule has 0 amide bonds. The summed E-state index contributed by atoms with van der Waals surface area (Å²) in [4.78, 5) is 2.60. The van der Waals surface area contributed by atoms with Gasteiger partial charge in [-0.3, -0.25) is 9.91 Å². The highest BCUT2D eigenvalue weighted by Crippen LogP contribution is 2.46. The average Bonchev–Trinajstić information content (AvgIpc) is 3.17. The van der Waals surface area contributed by atoms with Crippen LogP contribution in [0.2, 0.25) is 0 Å². The molecule has 1 aliphatic carbocycles. The molecule has 1 fully saturated rings. The number of hydrogen-bond acceptors (Lipinski definition) is 5. The smallest absolute Gasteiger partial charge is 0.162 e. The van der Waals surface area contributed by atoms with Gasteiger partial charge in [-0.25, -0.2) is 0 Å². The van der Waals surface area contributed by atoms with Gasteiger partial charge in [0, 0.05) is 26.2 Å². The summed E-state index contributed by atoms with van der Waals surface area (Å²) in [5, 5.41) is 6.90. The topological polar surface area (TPSA) is 37.3 Å². The van der Waals surface area contributed by atoms with Crippen LogP contribution >= 0.6 is 0 Å². The van der Waals surface area contributed by atoms with Crippen molar-refractivity contribution in [1.29, 1.82) is 0 Å². The summed E-state index contributed by atoms with van der Waals surface area (Å²) in [6.07, 6.45) is 1.92. The second-order valence-corrected chi connectivity index (χ2v) is 8.21. The van der Waals surface area contributed by atoms with Gasteiger partial charge in [0.2, 0.25) is 0 Å². The van der Waals surface area contributed by atoms with E-state index in [-0.39, 0.29) is 0 Å². The molecular weight excluding hydrogens is 386 g/mol. The van der Waals surface area contributed by atoms with Crippen LogP contribution in [0.1, 0.15) is 22.7 Å². The number of hydrazone groups is 1. The number of hydrogen-bond donors (Lipinski definition) is 0. The lowest BCUT2D eigenvalue weighted by molar-refractivity contribution is 0.114. The van der Waals surface area contributed by atoms with Crippen LogP contribution < -0.4 is 9.47 Å². The predicted molar refractivity (Wildman–Crippen MR) is 122 cm³/mol. The SMILES string of the molecule is C(=N/N1CCN(C2c3ccccc3-c3ccccc32)CC1)/c1ccc2c(c1)OCCO2. The minimum absolute atomic E-state index is 0.344. The monoisotopic (exact) mass is 411 g/mol. The Morgan fingerprint density at radius 3 is 2.10 bits per heavy atom. The van der Waals surface area contributed by atoms with Gasteiger partial charge in [0.05, 0.1) is 12.3 Å². The molecule has 31 heavy (non-hydrogen) atoms. The molecule has 5 heteroatoms. The van der Waals surface area contributed by atoms with E-state index < -0.39 is 0 Å². The lowest BCUT2D eigenvalue weighted by atomic mass is 10.0. The summed E-state index contributed by atoms with van der Waals surface area (Å²) in [7, 11) is 0. The van der Waals surface area contributed by atoms with Crippen molar-refractivity contribution in [2.24, 2.45) is 5.10 Å². The molecule has 1 saturated heterocycles. The molecule has 6 rings (SSSR count). The molecule has 2 heterocycles. The van der Waals surface area contributed by atoms with E-state index in [0.29, 0.717) is 19.3 Å². The number of benzene rings is 3. The first-order valence-corrected chi connectivity index (χ1v) is 11.0. The summed E-state index contributed by atoms with van der Waals surface area (Å²) in [6, 6.07) is 24.0. The normalized spacial score (nSPS) is 18.3. The molecule has 3 aromatic carbocycles. The quantitative estimate of drug-likeness (QED) is 0.606. The van der Waals surface area contributed by atoms with Crippen LogP contribution in [-0.4, -0.2) is 55.5 Å². The maximum atomic E-state index is 5.68. The Kier molecular flexibility index (Phi) is 4.61. The van der Waals surface area contributed by atoms with E-state index in [2.05, 4.69) is 58.4 Å². The lowest BCUT2D eigenvalue weighted by Gasteiger charge is -2.37. The fraction of sp³-hybridized carbons (Fsp3) is 0.269. The van der Waals surface area contributed by atoms with Crippen molar-refractivity contribution < 1.29 is 9.47 Å². The van der Waals surface area contributed by atoms with Crippen molar-refractivity contribution in [1.82, 2.24) is 9.91 Å². The van der Waals surface area contributed by atoms with Gasteiger partial charge in [0.25, 0.3) is 0 Å². The molecule has 5 nitrogen and oxygen atoms in total. The zero-order valence-corrected chi connectivity index (χ0v) is 17.4. The zero-order chi connectivity index (χ0) is 20.6. The van der Waals surface area contributed by atoms with Crippen LogP contribution in [-0.2, 0) is 0 Å². The Morgan fingerprint density at radius 1 is 0.742 bits per heavy atom. The van der Waals surface area contributed by atoms with Crippen molar-refractivity contribution in [3.8, 4) is 22.6 Å². The van der Waals surface area contributed by atoms with Gasteiger partial charge in [-0.05, 0) is 46.0 Å². The highest BCUT2D eigenvalue weighted by molar-refractivity contribution is 5.81. The molecule has 0 bridgehead atoms. The van der Waals surface area contributed by atoms with Crippen molar-refractivity contribution in [2.75, 3.05) is 39.4 Å². The molecule has 0 aromatic heterocycles. The molecule has 3 aliphatic rings. The molecule has 0 saturated carbocycles. The van der Waals surface area contributed by atoms with E-state index >= 15 is 0 Å². The first-order chi connectivity index (χ1) is 15.4. The van der Waals surface area contributed by atoms with Crippen molar-refractivity contribution in [3.63, 3.8) is 0 Å². The summed E-state index contributed by atoms with van der Waals surface area (Å²) in [5.41, 5.74) is 6.64. The van der Waals surface area contributed by atoms with E-state index in [1.807, 2.05) is 24.4 Å². The Balaban J connectivity index is 1.16.